The van der Waals surface area contributed by atoms with Crippen LogP contribution in [0.3, 0.4) is 0 Å². The van der Waals surface area contributed by atoms with Crippen LogP contribution < -0.4 is 0 Å². The second-order valence-corrected chi connectivity index (χ2v) is 6.38. The Morgan fingerprint density at radius 2 is 1.75 bits per heavy atom. The first-order valence-electron chi connectivity index (χ1n) is 8.33. The largest absolute Gasteiger partial charge is 0.507 e. The second kappa shape index (κ2) is 5.71. The number of rotatable bonds is 2. The Kier molecular flexibility index (Phi) is 3.53. The van der Waals surface area contributed by atoms with Gasteiger partial charge in [0.05, 0.1) is 11.3 Å². The maximum atomic E-state index is 10.3. The molecule has 1 aromatic heterocycles. The maximum absolute atomic E-state index is 10.3. The number of benzene rings is 2. The molecule has 0 saturated carbocycles. The molecule has 2 aromatic carbocycles. The molecular formula is C20H20N2O2. The highest BCUT2D eigenvalue weighted by atomic mass is 16.3. The van der Waals surface area contributed by atoms with E-state index in [2.05, 4.69) is 4.57 Å². The van der Waals surface area contributed by atoms with Gasteiger partial charge in [0, 0.05) is 17.8 Å². The molecule has 0 amide bonds. The summed E-state index contributed by atoms with van der Waals surface area (Å²) in [6.45, 7) is 2.89. The summed E-state index contributed by atoms with van der Waals surface area (Å²) in [6.07, 6.45) is 3.15. The monoisotopic (exact) mass is 320 g/mol. The van der Waals surface area contributed by atoms with Gasteiger partial charge in [0.2, 0.25) is 0 Å². The van der Waals surface area contributed by atoms with E-state index in [1.54, 1.807) is 12.1 Å². The molecule has 122 valence electrons. The van der Waals surface area contributed by atoms with E-state index < -0.39 is 0 Å². The Morgan fingerprint density at radius 3 is 2.58 bits per heavy atom. The van der Waals surface area contributed by atoms with Crippen LogP contribution in [0.15, 0.2) is 42.5 Å². The summed E-state index contributed by atoms with van der Waals surface area (Å²) in [7, 11) is 0. The topological polar surface area (TPSA) is 58.3 Å². The fourth-order valence-electron chi connectivity index (χ4n) is 3.47. The summed E-state index contributed by atoms with van der Waals surface area (Å²) >= 11 is 0. The van der Waals surface area contributed by atoms with Gasteiger partial charge in [-0.1, -0.05) is 23.8 Å². The van der Waals surface area contributed by atoms with Crippen LogP contribution in [0.4, 0.5) is 0 Å². The van der Waals surface area contributed by atoms with Crippen molar-refractivity contribution in [3.63, 3.8) is 0 Å². The van der Waals surface area contributed by atoms with Crippen LogP contribution in [0.1, 0.15) is 24.1 Å². The molecule has 0 saturated heterocycles. The average Bonchev–Trinajstić information content (AvgIpc) is 2.97. The average molecular weight is 320 g/mol. The Balaban J connectivity index is 1.97. The third kappa shape index (κ3) is 2.35. The number of imidazole rings is 1. The summed E-state index contributed by atoms with van der Waals surface area (Å²) < 4.78 is 2.19. The molecule has 0 fully saturated rings. The van der Waals surface area contributed by atoms with Crippen LogP contribution in [0, 0.1) is 6.92 Å². The normalized spacial score (nSPS) is 13.7. The number of phenolic OH excluding ortho intramolecular Hbond substituents is 2. The molecule has 1 aliphatic rings. The first kappa shape index (κ1) is 14.8. The Hall–Kier alpha value is -2.75. The standard InChI is InChI=1S/C20H20N2O2/c1-13-9-10-18(24)15(12-13)20-21-19(14-6-2-3-8-17(14)23)16-7-4-5-11-22(16)20/h2-3,6,8-10,12,23-24H,4-5,7,11H2,1H3. The van der Waals surface area contributed by atoms with Gasteiger partial charge in [-0.15, -0.1) is 0 Å². The molecule has 24 heavy (non-hydrogen) atoms. The zero-order chi connectivity index (χ0) is 16.7. The molecule has 0 spiro atoms. The number of nitrogens with zero attached hydrogens (tertiary/aromatic N) is 2. The van der Waals surface area contributed by atoms with Crippen molar-refractivity contribution in [1.82, 2.24) is 9.55 Å². The van der Waals surface area contributed by atoms with Crippen molar-refractivity contribution in [2.45, 2.75) is 32.7 Å². The summed E-state index contributed by atoms with van der Waals surface area (Å²) in [5.74, 6) is 1.26. The third-order valence-corrected chi connectivity index (χ3v) is 4.67. The maximum Gasteiger partial charge on any atom is 0.144 e. The number of fused-ring (bicyclic) bond motifs is 1. The van der Waals surface area contributed by atoms with Gasteiger partial charge in [-0.25, -0.2) is 4.98 Å². The van der Waals surface area contributed by atoms with Gasteiger partial charge in [-0.2, -0.15) is 0 Å². The van der Waals surface area contributed by atoms with Crippen molar-refractivity contribution in [2.24, 2.45) is 0 Å². The van der Waals surface area contributed by atoms with Gasteiger partial charge in [-0.05, 0) is 50.5 Å². The van der Waals surface area contributed by atoms with Gasteiger partial charge in [-0.3, -0.25) is 0 Å². The minimum Gasteiger partial charge on any atom is -0.507 e. The molecule has 0 aliphatic carbocycles. The quantitative estimate of drug-likeness (QED) is 0.741. The minimum absolute atomic E-state index is 0.239. The SMILES string of the molecule is Cc1ccc(O)c(-c2nc(-c3ccccc3O)c3n2CCCC3)c1. The van der Waals surface area contributed by atoms with Gasteiger partial charge >= 0.3 is 0 Å². The summed E-state index contributed by atoms with van der Waals surface area (Å²) in [6, 6.07) is 12.9. The highest BCUT2D eigenvalue weighted by Crippen LogP contribution is 2.38. The van der Waals surface area contributed by atoms with Crippen LogP contribution in [0.25, 0.3) is 22.6 Å². The summed E-state index contributed by atoms with van der Waals surface area (Å²) in [4.78, 5) is 4.84. The van der Waals surface area contributed by atoms with Crippen molar-refractivity contribution in [2.75, 3.05) is 0 Å². The number of hydrogen-bond acceptors (Lipinski definition) is 3. The Morgan fingerprint density at radius 1 is 0.958 bits per heavy atom. The van der Waals surface area contributed by atoms with Crippen molar-refractivity contribution in [3.05, 3.63) is 53.7 Å². The molecule has 4 nitrogen and oxygen atoms in total. The van der Waals surface area contributed by atoms with Gasteiger partial charge in [0.15, 0.2) is 0 Å². The van der Waals surface area contributed by atoms with Crippen molar-refractivity contribution in [3.8, 4) is 34.1 Å². The fraction of sp³-hybridized carbons (Fsp3) is 0.250. The predicted octanol–water partition coefficient (Wildman–Crippen LogP) is 4.27. The lowest BCUT2D eigenvalue weighted by Gasteiger charge is -2.18. The molecule has 2 N–H and O–H groups in total. The molecule has 1 aliphatic heterocycles. The predicted molar refractivity (Wildman–Crippen MR) is 94.1 cm³/mol. The molecule has 0 unspecified atom stereocenters. The van der Waals surface area contributed by atoms with Crippen LogP contribution in [0.2, 0.25) is 0 Å². The van der Waals surface area contributed by atoms with Crippen molar-refractivity contribution >= 4 is 0 Å². The van der Waals surface area contributed by atoms with E-state index in [1.165, 1.54) is 0 Å². The van der Waals surface area contributed by atoms with Crippen molar-refractivity contribution < 1.29 is 10.2 Å². The first-order valence-corrected chi connectivity index (χ1v) is 8.33. The van der Waals surface area contributed by atoms with E-state index in [1.807, 2.05) is 37.3 Å². The number of hydrogen-bond donors (Lipinski definition) is 2. The van der Waals surface area contributed by atoms with E-state index in [9.17, 15) is 10.2 Å². The zero-order valence-corrected chi connectivity index (χ0v) is 13.7. The molecule has 4 heteroatoms. The second-order valence-electron chi connectivity index (χ2n) is 6.38. The molecule has 2 heterocycles. The van der Waals surface area contributed by atoms with Crippen LogP contribution in [-0.4, -0.2) is 19.8 Å². The lowest BCUT2D eigenvalue weighted by Crippen LogP contribution is -2.11. The minimum atomic E-state index is 0.239. The van der Waals surface area contributed by atoms with Crippen molar-refractivity contribution in [1.29, 1.82) is 0 Å². The van der Waals surface area contributed by atoms with Crippen LogP contribution >= 0.6 is 0 Å². The highest BCUT2D eigenvalue weighted by Gasteiger charge is 2.24. The lowest BCUT2D eigenvalue weighted by molar-refractivity contribution is 0.474. The third-order valence-electron chi connectivity index (χ3n) is 4.67. The number of aryl methyl sites for hydroxylation is 1. The van der Waals surface area contributed by atoms with Crippen LogP contribution in [0.5, 0.6) is 11.5 Å². The van der Waals surface area contributed by atoms with E-state index in [4.69, 9.17) is 4.98 Å². The van der Waals surface area contributed by atoms with Gasteiger partial charge in [0.1, 0.15) is 17.3 Å². The Bertz CT molecular complexity index is 912. The molecule has 4 rings (SSSR count). The fourth-order valence-corrected chi connectivity index (χ4v) is 3.47. The van der Waals surface area contributed by atoms with Gasteiger partial charge < -0.3 is 14.8 Å². The van der Waals surface area contributed by atoms with E-state index in [0.29, 0.717) is 0 Å². The Labute approximate surface area is 141 Å². The number of aromatic nitrogens is 2. The van der Waals surface area contributed by atoms with Crippen LogP contribution in [-0.2, 0) is 13.0 Å². The van der Waals surface area contributed by atoms with E-state index >= 15 is 0 Å². The number of phenols is 2. The lowest BCUT2D eigenvalue weighted by atomic mass is 10.0. The summed E-state index contributed by atoms with van der Waals surface area (Å²) in [5, 5.41) is 20.6. The van der Waals surface area contributed by atoms with Gasteiger partial charge in [0.25, 0.3) is 0 Å². The molecule has 0 bridgehead atoms. The molecular weight excluding hydrogens is 300 g/mol. The van der Waals surface area contributed by atoms with E-state index in [0.717, 1.165) is 59.7 Å². The smallest absolute Gasteiger partial charge is 0.144 e. The molecule has 3 aromatic rings. The highest BCUT2D eigenvalue weighted by molar-refractivity contribution is 5.74. The zero-order valence-electron chi connectivity index (χ0n) is 13.7. The number of aromatic hydroxyl groups is 2. The number of para-hydroxylation sites is 1. The molecule has 0 atom stereocenters. The summed E-state index contributed by atoms with van der Waals surface area (Å²) in [5.41, 5.74) is 4.55. The first-order chi connectivity index (χ1) is 11.6. The molecule has 0 radical (unpaired) electrons. The van der Waals surface area contributed by atoms with E-state index in [-0.39, 0.29) is 11.5 Å².